The second kappa shape index (κ2) is 8.60. The number of carbonyl (C=O) groups excluding carboxylic acids is 4. The molecular weight excluding hydrogens is 388 g/mol. The topological polar surface area (TPSA) is 102 Å². The van der Waals surface area contributed by atoms with E-state index in [1.807, 2.05) is 0 Å². The van der Waals surface area contributed by atoms with Gasteiger partial charge < -0.3 is 14.8 Å². The molecule has 1 heterocycles. The summed E-state index contributed by atoms with van der Waals surface area (Å²) in [5.41, 5.74) is 0.417. The third-order valence-electron chi connectivity index (χ3n) is 5.02. The summed E-state index contributed by atoms with van der Waals surface area (Å²) in [6.07, 6.45) is 3.17. The summed E-state index contributed by atoms with van der Waals surface area (Å²) in [5, 5.41) is 2.86. The maximum atomic E-state index is 12.3. The highest BCUT2D eigenvalue weighted by molar-refractivity contribution is 6.32. The number of hydrogen-bond donors (Lipinski definition) is 1. The second-order valence-corrected chi connectivity index (χ2v) is 7.23. The Morgan fingerprint density at radius 2 is 1.82 bits per heavy atom. The zero-order chi connectivity index (χ0) is 20.3. The summed E-state index contributed by atoms with van der Waals surface area (Å²) >= 11 is 5.98. The van der Waals surface area contributed by atoms with Crippen LogP contribution in [0.25, 0.3) is 0 Å². The first kappa shape index (κ1) is 20.1. The normalized spacial score (nSPS) is 21.3. The van der Waals surface area contributed by atoms with Gasteiger partial charge in [0, 0.05) is 5.69 Å². The molecule has 2 atom stereocenters. The standard InChI is InChI=1S/C19H21ClN2O6/c1-27-15-7-6-11(8-14(15)20)21-16(23)10-28-17(24)9-22-18(25)12-4-2-3-5-13(12)19(22)26/h6-8,12-13H,2-5,9-10H2,1H3,(H,21,23)/t12-,13-/m0/s1. The number of ether oxygens (including phenoxy) is 2. The molecule has 2 aliphatic rings. The predicted molar refractivity (Wildman–Crippen MR) is 99.8 cm³/mol. The predicted octanol–water partition coefficient (Wildman–Crippen LogP) is 2.01. The van der Waals surface area contributed by atoms with Crippen LogP contribution in [0.4, 0.5) is 5.69 Å². The maximum absolute atomic E-state index is 12.3. The molecule has 1 aromatic carbocycles. The number of carbonyl (C=O) groups is 4. The summed E-state index contributed by atoms with van der Waals surface area (Å²) in [4.78, 5) is 49.6. The van der Waals surface area contributed by atoms with Crippen LogP contribution < -0.4 is 10.1 Å². The van der Waals surface area contributed by atoms with E-state index in [9.17, 15) is 19.2 Å². The smallest absolute Gasteiger partial charge is 0.326 e. The van der Waals surface area contributed by atoms with Gasteiger partial charge in [-0.25, -0.2) is 0 Å². The summed E-state index contributed by atoms with van der Waals surface area (Å²) in [6, 6.07) is 4.69. The Kier molecular flexibility index (Phi) is 6.18. The highest BCUT2D eigenvalue weighted by atomic mass is 35.5. The third-order valence-corrected chi connectivity index (χ3v) is 5.31. The number of methoxy groups -OCH3 is 1. The molecule has 2 fully saturated rings. The van der Waals surface area contributed by atoms with Gasteiger partial charge in [0.2, 0.25) is 11.8 Å². The Bertz CT molecular complexity index is 788. The average molecular weight is 409 g/mol. The van der Waals surface area contributed by atoms with Gasteiger partial charge in [-0.05, 0) is 31.0 Å². The van der Waals surface area contributed by atoms with Crippen molar-refractivity contribution >= 4 is 41.0 Å². The van der Waals surface area contributed by atoms with Gasteiger partial charge in [0.05, 0.1) is 24.0 Å². The molecule has 0 bridgehead atoms. The van der Waals surface area contributed by atoms with Crippen LogP contribution in [0.5, 0.6) is 5.75 Å². The van der Waals surface area contributed by atoms with Crippen molar-refractivity contribution in [1.29, 1.82) is 0 Å². The lowest BCUT2D eigenvalue weighted by Gasteiger charge is -2.19. The van der Waals surface area contributed by atoms with Gasteiger partial charge in [-0.1, -0.05) is 24.4 Å². The minimum absolute atomic E-state index is 0.316. The molecule has 0 spiro atoms. The van der Waals surface area contributed by atoms with Crippen molar-refractivity contribution in [3.63, 3.8) is 0 Å². The molecule has 1 aliphatic carbocycles. The summed E-state index contributed by atoms with van der Waals surface area (Å²) in [5.74, 6) is -2.18. The number of rotatable bonds is 6. The van der Waals surface area contributed by atoms with Gasteiger partial charge in [0.15, 0.2) is 6.61 Å². The van der Waals surface area contributed by atoms with E-state index < -0.39 is 25.0 Å². The number of nitrogens with zero attached hydrogens (tertiary/aromatic N) is 1. The molecule has 9 heteroatoms. The van der Waals surface area contributed by atoms with Crippen molar-refractivity contribution in [1.82, 2.24) is 4.90 Å². The maximum Gasteiger partial charge on any atom is 0.326 e. The van der Waals surface area contributed by atoms with E-state index in [-0.39, 0.29) is 23.7 Å². The zero-order valence-corrected chi connectivity index (χ0v) is 16.2. The number of fused-ring (bicyclic) bond motifs is 1. The SMILES string of the molecule is COc1ccc(NC(=O)COC(=O)CN2C(=O)[C@H]3CCCC[C@@H]3C2=O)cc1Cl. The molecule has 8 nitrogen and oxygen atoms in total. The number of likely N-dealkylation sites (tertiary alicyclic amines) is 1. The first-order valence-electron chi connectivity index (χ1n) is 9.05. The Labute approximate surface area is 167 Å². The zero-order valence-electron chi connectivity index (χ0n) is 15.4. The molecule has 3 amide bonds. The number of hydrogen-bond acceptors (Lipinski definition) is 6. The van der Waals surface area contributed by atoms with Crippen LogP contribution in [0.2, 0.25) is 5.02 Å². The van der Waals surface area contributed by atoms with Crippen LogP contribution in [0.15, 0.2) is 18.2 Å². The van der Waals surface area contributed by atoms with Crippen LogP contribution in [0.3, 0.4) is 0 Å². The van der Waals surface area contributed by atoms with E-state index >= 15 is 0 Å². The number of esters is 1. The van der Waals surface area contributed by atoms with E-state index in [2.05, 4.69) is 5.32 Å². The van der Waals surface area contributed by atoms with Crippen LogP contribution in [0.1, 0.15) is 25.7 Å². The molecule has 3 rings (SSSR count). The van der Waals surface area contributed by atoms with Crippen molar-refractivity contribution in [3.05, 3.63) is 23.2 Å². The van der Waals surface area contributed by atoms with Crippen molar-refractivity contribution in [2.45, 2.75) is 25.7 Å². The highest BCUT2D eigenvalue weighted by Gasteiger charge is 2.48. The molecular formula is C19H21ClN2O6. The van der Waals surface area contributed by atoms with E-state index in [0.717, 1.165) is 17.7 Å². The highest BCUT2D eigenvalue weighted by Crippen LogP contribution is 2.37. The second-order valence-electron chi connectivity index (χ2n) is 6.82. The van der Waals surface area contributed by atoms with Gasteiger partial charge in [-0.2, -0.15) is 0 Å². The molecule has 0 unspecified atom stereocenters. The largest absolute Gasteiger partial charge is 0.495 e. The van der Waals surface area contributed by atoms with E-state index in [1.54, 1.807) is 12.1 Å². The van der Waals surface area contributed by atoms with Crippen molar-refractivity contribution < 1.29 is 28.7 Å². The number of imide groups is 1. The minimum atomic E-state index is -0.803. The van der Waals surface area contributed by atoms with Crippen LogP contribution in [-0.4, -0.2) is 48.9 Å². The third kappa shape index (κ3) is 4.27. The van der Waals surface area contributed by atoms with Crippen LogP contribution in [-0.2, 0) is 23.9 Å². The lowest BCUT2D eigenvalue weighted by atomic mass is 9.81. The van der Waals surface area contributed by atoms with E-state index in [4.69, 9.17) is 21.1 Å². The number of nitrogens with one attached hydrogen (secondary N) is 1. The van der Waals surface area contributed by atoms with Crippen molar-refractivity contribution in [3.8, 4) is 5.75 Å². The lowest BCUT2D eigenvalue weighted by Crippen LogP contribution is -2.37. The monoisotopic (exact) mass is 408 g/mol. The molecule has 0 aromatic heterocycles. The van der Waals surface area contributed by atoms with Gasteiger partial charge in [0.25, 0.3) is 5.91 Å². The van der Waals surface area contributed by atoms with Crippen LogP contribution in [0, 0.1) is 11.8 Å². The summed E-state index contributed by atoms with van der Waals surface area (Å²) in [6.45, 7) is -1.00. The molecule has 1 N–H and O–H groups in total. The van der Waals surface area contributed by atoms with Crippen LogP contribution >= 0.6 is 11.6 Å². The quantitative estimate of drug-likeness (QED) is 0.570. The number of benzene rings is 1. The molecule has 28 heavy (non-hydrogen) atoms. The van der Waals surface area contributed by atoms with E-state index in [0.29, 0.717) is 29.3 Å². The fourth-order valence-corrected chi connectivity index (χ4v) is 3.91. The van der Waals surface area contributed by atoms with Gasteiger partial charge in [-0.3, -0.25) is 24.1 Å². The average Bonchev–Trinajstić information content (AvgIpc) is 2.92. The first-order chi connectivity index (χ1) is 13.4. The lowest BCUT2D eigenvalue weighted by molar-refractivity contribution is -0.154. The van der Waals surface area contributed by atoms with Crippen molar-refractivity contribution in [2.75, 3.05) is 25.6 Å². The van der Waals surface area contributed by atoms with Crippen molar-refractivity contribution in [2.24, 2.45) is 11.8 Å². The Morgan fingerprint density at radius 3 is 2.39 bits per heavy atom. The Morgan fingerprint density at radius 1 is 1.18 bits per heavy atom. The molecule has 1 aliphatic heterocycles. The fourth-order valence-electron chi connectivity index (χ4n) is 3.65. The minimum Gasteiger partial charge on any atom is -0.495 e. The summed E-state index contributed by atoms with van der Waals surface area (Å²) < 4.78 is 9.93. The van der Waals surface area contributed by atoms with Gasteiger partial charge in [-0.15, -0.1) is 0 Å². The van der Waals surface area contributed by atoms with E-state index in [1.165, 1.54) is 13.2 Å². The summed E-state index contributed by atoms with van der Waals surface area (Å²) in [7, 11) is 1.48. The Hall–Kier alpha value is -2.61. The van der Waals surface area contributed by atoms with Gasteiger partial charge in [0.1, 0.15) is 12.3 Å². The Balaban J connectivity index is 1.49. The molecule has 1 saturated carbocycles. The van der Waals surface area contributed by atoms with Gasteiger partial charge >= 0.3 is 5.97 Å². The molecule has 0 radical (unpaired) electrons. The fraction of sp³-hybridized carbons (Fsp3) is 0.474. The number of anilines is 1. The molecule has 1 aromatic rings. The first-order valence-corrected chi connectivity index (χ1v) is 9.42. The molecule has 150 valence electrons. The number of amides is 3. The number of halogens is 1. The molecule has 1 saturated heterocycles.